The summed E-state index contributed by atoms with van der Waals surface area (Å²) in [5, 5.41) is 0. The number of ether oxygens (including phenoxy) is 1. The summed E-state index contributed by atoms with van der Waals surface area (Å²) in [5.41, 5.74) is 0.0882. The summed E-state index contributed by atoms with van der Waals surface area (Å²) in [6.07, 6.45) is 0.965. The molecule has 0 N–H and O–H groups in total. The molecule has 4 heteroatoms. The highest BCUT2D eigenvalue weighted by atomic mass is 19.1. The SMILES string of the molecule is Fc1cnc(COc2ccccc2)c(F)c1. The predicted octanol–water partition coefficient (Wildman–Crippen LogP) is 2.94. The number of hydrogen-bond acceptors (Lipinski definition) is 2. The van der Waals surface area contributed by atoms with Gasteiger partial charge < -0.3 is 4.74 Å². The number of pyridine rings is 1. The molecule has 2 nitrogen and oxygen atoms in total. The second-order valence-corrected chi connectivity index (χ2v) is 3.18. The predicted molar refractivity (Wildman–Crippen MR) is 54.9 cm³/mol. The standard InChI is InChI=1S/C12H9F2NO/c13-9-6-11(14)12(15-7-9)8-16-10-4-2-1-3-5-10/h1-7H,8H2. The molecule has 82 valence electrons. The number of rotatable bonds is 3. The highest BCUT2D eigenvalue weighted by Crippen LogP contribution is 2.12. The van der Waals surface area contributed by atoms with Crippen LogP contribution in [0, 0.1) is 11.6 Å². The first kappa shape index (κ1) is 10.5. The lowest BCUT2D eigenvalue weighted by Crippen LogP contribution is -2.02. The van der Waals surface area contributed by atoms with E-state index in [2.05, 4.69) is 4.98 Å². The van der Waals surface area contributed by atoms with E-state index in [1.807, 2.05) is 18.2 Å². The molecular weight excluding hydrogens is 212 g/mol. The molecule has 0 saturated carbocycles. The largest absolute Gasteiger partial charge is 0.487 e. The van der Waals surface area contributed by atoms with Crippen LogP contribution in [0.2, 0.25) is 0 Å². The lowest BCUT2D eigenvalue weighted by Gasteiger charge is -2.05. The fourth-order valence-corrected chi connectivity index (χ4v) is 1.22. The molecule has 1 heterocycles. The van der Waals surface area contributed by atoms with E-state index in [4.69, 9.17) is 4.74 Å². The van der Waals surface area contributed by atoms with E-state index in [0.29, 0.717) is 5.75 Å². The highest BCUT2D eigenvalue weighted by molar-refractivity contribution is 5.21. The Hall–Kier alpha value is -1.97. The summed E-state index contributed by atoms with van der Waals surface area (Å²) in [6.45, 7) is -0.0177. The van der Waals surface area contributed by atoms with Crippen LogP contribution in [0.25, 0.3) is 0 Å². The van der Waals surface area contributed by atoms with Crippen molar-refractivity contribution < 1.29 is 13.5 Å². The van der Waals surface area contributed by atoms with Crippen LogP contribution >= 0.6 is 0 Å². The van der Waals surface area contributed by atoms with Crippen molar-refractivity contribution in [1.29, 1.82) is 0 Å². The van der Waals surface area contributed by atoms with Crippen LogP contribution in [0.4, 0.5) is 8.78 Å². The first-order valence-electron chi connectivity index (χ1n) is 4.73. The minimum atomic E-state index is -0.698. The first-order valence-corrected chi connectivity index (χ1v) is 4.73. The topological polar surface area (TPSA) is 22.1 Å². The first-order chi connectivity index (χ1) is 7.75. The Morgan fingerprint density at radius 1 is 1.12 bits per heavy atom. The van der Waals surface area contributed by atoms with E-state index in [1.54, 1.807) is 12.1 Å². The van der Waals surface area contributed by atoms with Gasteiger partial charge >= 0.3 is 0 Å². The van der Waals surface area contributed by atoms with Crippen LogP contribution in [-0.4, -0.2) is 4.98 Å². The van der Waals surface area contributed by atoms with Crippen LogP contribution in [0.1, 0.15) is 5.69 Å². The fourth-order valence-electron chi connectivity index (χ4n) is 1.22. The summed E-state index contributed by atoms with van der Waals surface area (Å²) in [5.74, 6) is -0.773. The van der Waals surface area contributed by atoms with Crippen molar-refractivity contribution in [3.05, 3.63) is 59.9 Å². The Kier molecular flexibility index (Phi) is 3.10. The molecule has 2 aromatic rings. The fraction of sp³-hybridized carbons (Fsp3) is 0.0833. The molecule has 16 heavy (non-hydrogen) atoms. The Morgan fingerprint density at radius 2 is 1.88 bits per heavy atom. The second-order valence-electron chi connectivity index (χ2n) is 3.18. The minimum absolute atomic E-state index is 0.0177. The second kappa shape index (κ2) is 4.70. The van der Waals surface area contributed by atoms with Gasteiger partial charge in [0.1, 0.15) is 23.9 Å². The van der Waals surface area contributed by atoms with Crippen molar-refractivity contribution in [3.63, 3.8) is 0 Å². The summed E-state index contributed by atoms with van der Waals surface area (Å²) >= 11 is 0. The molecule has 0 aliphatic rings. The van der Waals surface area contributed by atoms with Gasteiger partial charge in [0.2, 0.25) is 0 Å². The number of aromatic nitrogens is 1. The molecule has 2 rings (SSSR count). The molecule has 0 atom stereocenters. The van der Waals surface area contributed by atoms with Crippen molar-refractivity contribution in [3.8, 4) is 5.75 Å². The van der Waals surface area contributed by atoms with Gasteiger partial charge in [-0.05, 0) is 12.1 Å². The molecule has 0 unspecified atom stereocenters. The van der Waals surface area contributed by atoms with E-state index in [0.717, 1.165) is 12.3 Å². The van der Waals surface area contributed by atoms with Gasteiger partial charge in [-0.1, -0.05) is 18.2 Å². The van der Waals surface area contributed by atoms with Crippen LogP contribution in [0.15, 0.2) is 42.6 Å². The third kappa shape index (κ3) is 2.53. The molecule has 0 bridgehead atoms. The molecule has 0 fully saturated rings. The Morgan fingerprint density at radius 3 is 2.56 bits per heavy atom. The monoisotopic (exact) mass is 221 g/mol. The zero-order chi connectivity index (χ0) is 11.4. The average Bonchev–Trinajstić information content (AvgIpc) is 2.29. The van der Waals surface area contributed by atoms with Crippen molar-refractivity contribution in [2.24, 2.45) is 0 Å². The van der Waals surface area contributed by atoms with Crippen LogP contribution in [-0.2, 0) is 6.61 Å². The molecule has 0 aliphatic carbocycles. The molecule has 1 aromatic heterocycles. The van der Waals surface area contributed by atoms with E-state index in [-0.39, 0.29) is 12.3 Å². The quantitative estimate of drug-likeness (QED) is 0.795. The average molecular weight is 221 g/mol. The summed E-state index contributed by atoms with van der Waals surface area (Å²) in [7, 11) is 0. The number of para-hydroxylation sites is 1. The number of benzene rings is 1. The van der Waals surface area contributed by atoms with E-state index < -0.39 is 11.6 Å². The normalized spacial score (nSPS) is 10.1. The van der Waals surface area contributed by atoms with Crippen molar-refractivity contribution in [2.45, 2.75) is 6.61 Å². The van der Waals surface area contributed by atoms with E-state index >= 15 is 0 Å². The lowest BCUT2D eigenvalue weighted by atomic mass is 10.3. The summed E-state index contributed by atoms with van der Waals surface area (Å²) in [6, 6.07) is 9.76. The molecule has 0 radical (unpaired) electrons. The van der Waals surface area contributed by atoms with Gasteiger partial charge in [0.15, 0.2) is 5.82 Å². The third-order valence-corrected chi connectivity index (χ3v) is 2.00. The third-order valence-electron chi connectivity index (χ3n) is 2.00. The van der Waals surface area contributed by atoms with Gasteiger partial charge in [0.25, 0.3) is 0 Å². The minimum Gasteiger partial charge on any atom is -0.487 e. The summed E-state index contributed by atoms with van der Waals surface area (Å²) in [4.78, 5) is 3.62. The van der Waals surface area contributed by atoms with Gasteiger partial charge in [-0.2, -0.15) is 0 Å². The van der Waals surface area contributed by atoms with E-state index in [1.165, 1.54) is 0 Å². The van der Waals surface area contributed by atoms with Gasteiger partial charge in [-0.3, -0.25) is 4.98 Å². The number of halogens is 2. The smallest absolute Gasteiger partial charge is 0.151 e. The van der Waals surface area contributed by atoms with Crippen LogP contribution < -0.4 is 4.74 Å². The zero-order valence-electron chi connectivity index (χ0n) is 8.36. The van der Waals surface area contributed by atoms with Gasteiger partial charge in [-0.25, -0.2) is 8.78 Å². The Bertz CT molecular complexity index is 474. The number of hydrogen-bond donors (Lipinski definition) is 0. The molecular formula is C12H9F2NO. The van der Waals surface area contributed by atoms with Crippen molar-refractivity contribution in [2.75, 3.05) is 0 Å². The van der Waals surface area contributed by atoms with Crippen molar-refractivity contribution >= 4 is 0 Å². The van der Waals surface area contributed by atoms with E-state index in [9.17, 15) is 8.78 Å². The maximum Gasteiger partial charge on any atom is 0.151 e. The lowest BCUT2D eigenvalue weighted by molar-refractivity contribution is 0.293. The van der Waals surface area contributed by atoms with Gasteiger partial charge in [-0.15, -0.1) is 0 Å². The van der Waals surface area contributed by atoms with Gasteiger partial charge in [0.05, 0.1) is 6.20 Å². The maximum absolute atomic E-state index is 13.2. The molecule has 1 aromatic carbocycles. The molecule has 0 aliphatic heterocycles. The molecule has 0 spiro atoms. The summed E-state index contributed by atoms with van der Waals surface area (Å²) < 4.78 is 31.0. The number of nitrogens with zero attached hydrogens (tertiary/aromatic N) is 1. The molecule has 0 saturated heterocycles. The highest BCUT2D eigenvalue weighted by Gasteiger charge is 2.05. The van der Waals surface area contributed by atoms with Crippen LogP contribution in [0.3, 0.4) is 0 Å². The zero-order valence-corrected chi connectivity index (χ0v) is 8.36. The Balaban J connectivity index is 2.05. The van der Waals surface area contributed by atoms with Crippen molar-refractivity contribution in [1.82, 2.24) is 4.98 Å². The van der Waals surface area contributed by atoms with Gasteiger partial charge in [0, 0.05) is 6.07 Å². The Labute approximate surface area is 91.5 Å². The maximum atomic E-state index is 13.2. The molecule has 0 amide bonds. The van der Waals surface area contributed by atoms with Crippen LogP contribution in [0.5, 0.6) is 5.75 Å².